The molecule has 0 aliphatic rings. The van der Waals surface area contributed by atoms with Gasteiger partial charge in [-0.15, -0.1) is 0 Å². The van der Waals surface area contributed by atoms with Crippen LogP contribution < -0.4 is 16.5 Å². The molecule has 29 heavy (non-hydrogen) atoms. The van der Waals surface area contributed by atoms with E-state index in [0.717, 1.165) is 47.9 Å². The Morgan fingerprint density at radius 2 is 1.66 bits per heavy atom. The van der Waals surface area contributed by atoms with Gasteiger partial charge >= 0.3 is 5.97 Å². The van der Waals surface area contributed by atoms with Crippen LogP contribution in [0.15, 0.2) is 72.8 Å². The molecule has 5 nitrogen and oxygen atoms in total. The predicted octanol–water partition coefficient (Wildman–Crippen LogP) is 4.28. The maximum atomic E-state index is 11.6. The lowest BCUT2D eigenvalue weighted by atomic mass is 10.0. The van der Waals surface area contributed by atoms with Crippen LogP contribution in [0.2, 0.25) is 5.02 Å². The third-order valence-corrected chi connectivity index (χ3v) is 4.75. The first kappa shape index (κ1) is 20.9. The highest BCUT2D eigenvalue weighted by atomic mass is 35.5. The number of nitrogens with two attached hydrogens (primary N) is 1. The summed E-state index contributed by atoms with van der Waals surface area (Å²) in [6.07, 6.45) is 0.942. The fraction of sp³-hybridized carbons (Fsp3) is 0.174. The number of carbonyl (C=O) groups excluding carboxylic acids is 1. The summed E-state index contributed by atoms with van der Waals surface area (Å²) in [7, 11) is 0. The Morgan fingerprint density at radius 3 is 2.45 bits per heavy atom. The van der Waals surface area contributed by atoms with Crippen LogP contribution in [0.25, 0.3) is 11.1 Å². The van der Waals surface area contributed by atoms with Gasteiger partial charge in [-0.1, -0.05) is 48.0 Å². The second-order valence-electron chi connectivity index (χ2n) is 6.62. The van der Waals surface area contributed by atoms with Gasteiger partial charge in [0.05, 0.1) is 5.56 Å². The monoisotopic (exact) mass is 409 g/mol. The van der Waals surface area contributed by atoms with E-state index in [0.29, 0.717) is 5.56 Å². The summed E-state index contributed by atoms with van der Waals surface area (Å²) in [4.78, 5) is 15.9. The normalized spacial score (nSPS) is 10.6. The second-order valence-corrected chi connectivity index (χ2v) is 7.06. The number of anilines is 1. The maximum Gasteiger partial charge on any atom is 0.356 e. The van der Waals surface area contributed by atoms with E-state index in [-0.39, 0.29) is 0 Å². The first-order chi connectivity index (χ1) is 14.2. The molecular weight excluding hydrogens is 386 g/mol. The number of carbonyl (C=O) groups is 1. The fourth-order valence-electron chi connectivity index (χ4n) is 3.05. The highest BCUT2D eigenvalue weighted by molar-refractivity contribution is 6.30. The van der Waals surface area contributed by atoms with E-state index in [1.54, 1.807) is 12.1 Å². The Hall–Kier alpha value is -2.86. The summed E-state index contributed by atoms with van der Waals surface area (Å²) >= 11 is 6.00. The summed E-state index contributed by atoms with van der Waals surface area (Å²) in [6.45, 7) is 2.55. The van der Waals surface area contributed by atoms with Crippen LogP contribution in [0.5, 0.6) is 0 Å². The van der Waals surface area contributed by atoms with Crippen LogP contribution in [-0.2, 0) is 11.3 Å². The van der Waals surface area contributed by atoms with Crippen molar-refractivity contribution in [2.75, 3.05) is 25.0 Å². The van der Waals surface area contributed by atoms with Crippen molar-refractivity contribution in [2.45, 2.75) is 6.42 Å². The average Bonchev–Trinajstić information content (AvgIpc) is 2.76. The van der Waals surface area contributed by atoms with E-state index in [2.05, 4.69) is 27.6 Å². The molecule has 0 radical (unpaired) electrons. The molecule has 0 fully saturated rings. The van der Waals surface area contributed by atoms with E-state index < -0.39 is 5.97 Å². The lowest BCUT2D eigenvalue weighted by Crippen LogP contribution is -2.24. The molecule has 3 aromatic rings. The van der Waals surface area contributed by atoms with Crippen LogP contribution in [0.1, 0.15) is 15.9 Å². The molecular formula is C23H24ClN3O2. The van der Waals surface area contributed by atoms with E-state index in [4.69, 9.17) is 17.5 Å². The third-order valence-electron chi connectivity index (χ3n) is 4.51. The molecule has 0 aromatic heterocycles. The van der Waals surface area contributed by atoms with Crippen molar-refractivity contribution in [3.8, 4) is 11.1 Å². The topological polar surface area (TPSA) is 76.4 Å². The number of benzene rings is 3. The highest BCUT2D eigenvalue weighted by Crippen LogP contribution is 2.23. The van der Waals surface area contributed by atoms with Gasteiger partial charge in [0.1, 0.15) is 0 Å². The number of nitrogens with one attached hydrogen (secondary N) is 2. The molecule has 0 saturated heterocycles. The molecule has 3 aromatic carbocycles. The van der Waals surface area contributed by atoms with Crippen molar-refractivity contribution in [2.24, 2.45) is 5.90 Å². The molecule has 3 rings (SSSR count). The Bertz CT molecular complexity index is 962. The first-order valence-electron chi connectivity index (χ1n) is 9.46. The number of hydrogen-bond acceptors (Lipinski definition) is 5. The Morgan fingerprint density at radius 1 is 0.897 bits per heavy atom. The number of rotatable bonds is 9. The molecule has 0 bridgehead atoms. The summed E-state index contributed by atoms with van der Waals surface area (Å²) in [5, 5.41) is 7.62. The smallest absolute Gasteiger partial charge is 0.356 e. The molecule has 150 valence electrons. The maximum absolute atomic E-state index is 11.6. The van der Waals surface area contributed by atoms with Gasteiger partial charge in [-0.2, -0.15) is 5.90 Å². The lowest BCUT2D eigenvalue weighted by Gasteiger charge is -2.10. The number of halogens is 1. The van der Waals surface area contributed by atoms with Crippen molar-refractivity contribution in [3.63, 3.8) is 0 Å². The molecule has 0 unspecified atom stereocenters. The van der Waals surface area contributed by atoms with E-state index in [9.17, 15) is 4.79 Å². The van der Waals surface area contributed by atoms with E-state index >= 15 is 0 Å². The summed E-state index contributed by atoms with van der Waals surface area (Å²) in [5.74, 6) is 4.42. The van der Waals surface area contributed by atoms with E-state index in [1.165, 1.54) is 5.56 Å². The van der Waals surface area contributed by atoms with E-state index in [1.807, 2.05) is 48.5 Å². The molecule has 0 amide bonds. The molecule has 0 spiro atoms. The molecule has 0 aliphatic heterocycles. The SMILES string of the molecule is NOC(=O)c1cccc(-c2cccc(NCCNCCc3cccc(Cl)c3)c2)c1. The fourth-order valence-corrected chi connectivity index (χ4v) is 3.26. The average molecular weight is 410 g/mol. The quantitative estimate of drug-likeness (QED) is 0.363. The molecule has 0 aliphatic carbocycles. The zero-order valence-corrected chi connectivity index (χ0v) is 16.8. The van der Waals surface area contributed by atoms with Gasteiger partial charge in [0, 0.05) is 23.8 Å². The number of hydrogen-bond donors (Lipinski definition) is 3. The van der Waals surface area contributed by atoms with Gasteiger partial charge in [0.25, 0.3) is 0 Å². The van der Waals surface area contributed by atoms with Gasteiger partial charge in [-0.25, -0.2) is 4.79 Å². The van der Waals surface area contributed by atoms with Crippen LogP contribution in [-0.4, -0.2) is 25.6 Å². The molecule has 4 N–H and O–H groups in total. The van der Waals surface area contributed by atoms with Gasteiger partial charge in [-0.3, -0.25) is 0 Å². The molecule has 0 heterocycles. The van der Waals surface area contributed by atoms with Gasteiger partial charge in [0.2, 0.25) is 0 Å². The Balaban J connectivity index is 1.48. The Kier molecular flexibility index (Phi) is 7.64. The standard InChI is InChI=1S/C23H24ClN3O2/c24-21-8-1-4-17(14-21)10-11-26-12-13-27-22-9-3-6-19(16-22)18-5-2-7-20(15-18)23(28)29-25/h1-9,14-16,26-27H,10-13,25H2. The van der Waals surface area contributed by atoms with Crippen molar-refractivity contribution in [3.05, 3.63) is 88.9 Å². The molecule has 6 heteroatoms. The minimum absolute atomic E-state index is 0.423. The van der Waals surface area contributed by atoms with Crippen molar-refractivity contribution in [1.82, 2.24) is 5.32 Å². The van der Waals surface area contributed by atoms with Crippen molar-refractivity contribution in [1.29, 1.82) is 0 Å². The zero-order valence-electron chi connectivity index (χ0n) is 16.0. The third kappa shape index (κ3) is 6.32. The van der Waals surface area contributed by atoms with Crippen molar-refractivity contribution >= 4 is 23.3 Å². The Labute approximate surface area is 175 Å². The van der Waals surface area contributed by atoms with Gasteiger partial charge < -0.3 is 15.5 Å². The predicted molar refractivity (Wildman–Crippen MR) is 118 cm³/mol. The van der Waals surface area contributed by atoms with Crippen LogP contribution in [0.3, 0.4) is 0 Å². The highest BCUT2D eigenvalue weighted by Gasteiger charge is 2.07. The molecule has 0 saturated carbocycles. The van der Waals surface area contributed by atoms with Crippen molar-refractivity contribution < 1.29 is 9.63 Å². The largest absolute Gasteiger partial charge is 0.384 e. The summed E-state index contributed by atoms with van der Waals surface area (Å²) in [5.41, 5.74) is 4.61. The van der Waals surface area contributed by atoms with Crippen LogP contribution in [0.4, 0.5) is 5.69 Å². The van der Waals surface area contributed by atoms with Gasteiger partial charge in [-0.05, 0) is 66.1 Å². The second kappa shape index (κ2) is 10.6. The van der Waals surface area contributed by atoms with Crippen LogP contribution >= 0.6 is 11.6 Å². The van der Waals surface area contributed by atoms with Gasteiger partial charge in [0.15, 0.2) is 0 Å². The summed E-state index contributed by atoms with van der Waals surface area (Å²) < 4.78 is 0. The minimum Gasteiger partial charge on any atom is -0.384 e. The first-order valence-corrected chi connectivity index (χ1v) is 9.84. The summed E-state index contributed by atoms with van der Waals surface area (Å²) in [6, 6.07) is 23.2. The minimum atomic E-state index is -0.551. The molecule has 0 atom stereocenters. The lowest BCUT2D eigenvalue weighted by molar-refractivity contribution is 0.0503. The zero-order chi connectivity index (χ0) is 20.5. The van der Waals surface area contributed by atoms with Crippen LogP contribution in [0, 0.1) is 0 Å².